The Morgan fingerprint density at radius 3 is 2.62 bits per heavy atom. The van der Waals surface area contributed by atoms with E-state index in [1.54, 1.807) is 12.1 Å². The van der Waals surface area contributed by atoms with Crippen molar-refractivity contribution in [3.05, 3.63) is 78.4 Å². The molecule has 142 valence electrons. The molecule has 0 amide bonds. The van der Waals surface area contributed by atoms with Crippen LogP contribution in [0.5, 0.6) is 0 Å². The van der Waals surface area contributed by atoms with Crippen LogP contribution in [0.15, 0.2) is 75.6 Å². The van der Waals surface area contributed by atoms with Gasteiger partial charge < -0.3 is 13.6 Å². The number of benzene rings is 2. The van der Waals surface area contributed by atoms with Gasteiger partial charge >= 0.3 is 5.97 Å². The average molecular weight is 403 g/mol. The van der Waals surface area contributed by atoms with Crippen LogP contribution in [0.4, 0.5) is 0 Å². The van der Waals surface area contributed by atoms with Crippen molar-refractivity contribution in [2.24, 2.45) is 0 Å². The Bertz CT molecular complexity index is 1260. The maximum Gasteiger partial charge on any atom is 0.374 e. The fourth-order valence-electron chi connectivity index (χ4n) is 2.75. The Labute approximate surface area is 168 Å². The third-order valence-corrected chi connectivity index (χ3v) is 5.18. The SMILES string of the molecule is O=C(OCc1nnc(-c2ccccc2)o1)c1ccc(-c2nc3ccccc3s2)o1. The normalized spacial score (nSPS) is 11.0. The fourth-order valence-corrected chi connectivity index (χ4v) is 3.68. The number of aromatic nitrogens is 3. The van der Waals surface area contributed by atoms with Crippen LogP contribution in [0.3, 0.4) is 0 Å². The van der Waals surface area contributed by atoms with E-state index in [4.69, 9.17) is 13.6 Å². The summed E-state index contributed by atoms with van der Waals surface area (Å²) in [6, 6.07) is 20.4. The molecule has 0 aliphatic rings. The molecule has 0 spiro atoms. The summed E-state index contributed by atoms with van der Waals surface area (Å²) in [5.74, 6) is 0.559. The molecule has 0 atom stereocenters. The lowest BCUT2D eigenvalue weighted by molar-refractivity contribution is 0.0403. The minimum Gasteiger partial charge on any atom is -0.450 e. The number of para-hydroxylation sites is 1. The number of ether oxygens (including phenoxy) is 1. The smallest absolute Gasteiger partial charge is 0.374 e. The van der Waals surface area contributed by atoms with Gasteiger partial charge in [-0.05, 0) is 36.4 Å². The van der Waals surface area contributed by atoms with Crippen LogP contribution >= 0.6 is 11.3 Å². The first-order valence-electron chi connectivity index (χ1n) is 8.77. The molecular weight excluding hydrogens is 390 g/mol. The van der Waals surface area contributed by atoms with Gasteiger partial charge in [-0.3, -0.25) is 0 Å². The second kappa shape index (κ2) is 7.33. The van der Waals surface area contributed by atoms with E-state index < -0.39 is 5.97 Å². The van der Waals surface area contributed by atoms with E-state index in [0.717, 1.165) is 15.8 Å². The van der Waals surface area contributed by atoms with Crippen LogP contribution in [0.1, 0.15) is 16.4 Å². The monoisotopic (exact) mass is 403 g/mol. The number of hydrogen-bond donors (Lipinski definition) is 0. The van der Waals surface area contributed by atoms with Gasteiger partial charge in [0.15, 0.2) is 17.4 Å². The Morgan fingerprint density at radius 2 is 1.76 bits per heavy atom. The summed E-state index contributed by atoms with van der Waals surface area (Å²) in [7, 11) is 0. The standard InChI is InChI=1S/C21H13N3O4S/c25-21(26-12-18-23-24-19(28-18)13-6-2-1-3-7-13)16-11-10-15(27-16)20-22-14-8-4-5-9-17(14)29-20/h1-11H,12H2. The van der Waals surface area contributed by atoms with E-state index in [9.17, 15) is 4.79 Å². The summed E-state index contributed by atoms with van der Waals surface area (Å²) in [5.41, 5.74) is 1.68. The molecule has 0 N–H and O–H groups in total. The van der Waals surface area contributed by atoms with Gasteiger partial charge in [0.05, 0.1) is 10.2 Å². The molecule has 7 nitrogen and oxygen atoms in total. The molecule has 8 heteroatoms. The zero-order valence-electron chi connectivity index (χ0n) is 14.9. The van der Waals surface area contributed by atoms with Gasteiger partial charge in [0, 0.05) is 5.56 Å². The summed E-state index contributed by atoms with van der Waals surface area (Å²) in [5, 5.41) is 8.57. The van der Waals surface area contributed by atoms with Crippen LogP contribution in [0, 0.1) is 0 Å². The zero-order chi connectivity index (χ0) is 19.6. The van der Waals surface area contributed by atoms with Gasteiger partial charge in [0.2, 0.25) is 11.7 Å². The molecule has 0 saturated heterocycles. The maximum absolute atomic E-state index is 12.3. The largest absolute Gasteiger partial charge is 0.450 e. The zero-order valence-corrected chi connectivity index (χ0v) is 15.8. The molecule has 0 saturated carbocycles. The number of nitrogens with zero attached hydrogens (tertiary/aromatic N) is 3. The topological polar surface area (TPSA) is 91.2 Å². The van der Waals surface area contributed by atoms with Crippen molar-refractivity contribution in [3.63, 3.8) is 0 Å². The lowest BCUT2D eigenvalue weighted by atomic mass is 10.2. The van der Waals surface area contributed by atoms with E-state index in [2.05, 4.69) is 15.2 Å². The number of carbonyl (C=O) groups is 1. The summed E-state index contributed by atoms with van der Waals surface area (Å²) >= 11 is 1.50. The maximum atomic E-state index is 12.3. The van der Waals surface area contributed by atoms with E-state index in [0.29, 0.717) is 16.7 Å². The third-order valence-electron chi connectivity index (χ3n) is 4.13. The minimum atomic E-state index is -0.614. The molecule has 0 unspecified atom stereocenters. The second-order valence-electron chi connectivity index (χ2n) is 6.09. The number of fused-ring (bicyclic) bond motifs is 1. The number of thiazole rings is 1. The molecule has 2 aromatic carbocycles. The second-order valence-corrected chi connectivity index (χ2v) is 7.12. The number of hydrogen-bond acceptors (Lipinski definition) is 8. The molecule has 5 rings (SSSR count). The minimum absolute atomic E-state index is 0.0852. The molecule has 3 heterocycles. The molecule has 0 radical (unpaired) electrons. The van der Waals surface area contributed by atoms with Gasteiger partial charge in [-0.2, -0.15) is 0 Å². The van der Waals surface area contributed by atoms with Crippen LogP contribution in [-0.4, -0.2) is 21.2 Å². The highest BCUT2D eigenvalue weighted by Gasteiger charge is 2.17. The van der Waals surface area contributed by atoms with Crippen LogP contribution < -0.4 is 0 Å². The van der Waals surface area contributed by atoms with Crippen molar-refractivity contribution in [2.45, 2.75) is 6.61 Å². The lowest BCUT2D eigenvalue weighted by Gasteiger charge is -1.98. The summed E-state index contributed by atoms with van der Waals surface area (Å²) < 4.78 is 17.4. The van der Waals surface area contributed by atoms with Gasteiger partial charge in [-0.25, -0.2) is 9.78 Å². The Balaban J connectivity index is 1.27. The molecule has 5 aromatic rings. The van der Waals surface area contributed by atoms with Crippen molar-refractivity contribution in [1.82, 2.24) is 15.2 Å². The average Bonchev–Trinajstić information content (AvgIpc) is 3.51. The number of rotatable bonds is 5. The van der Waals surface area contributed by atoms with E-state index in [1.165, 1.54) is 11.3 Å². The molecule has 0 fully saturated rings. The molecule has 0 bridgehead atoms. The molecule has 3 aromatic heterocycles. The Morgan fingerprint density at radius 1 is 0.931 bits per heavy atom. The summed E-state index contributed by atoms with van der Waals surface area (Å²) in [6.07, 6.45) is 0. The highest BCUT2D eigenvalue weighted by atomic mass is 32.1. The number of carbonyl (C=O) groups excluding carboxylic acids is 1. The summed E-state index contributed by atoms with van der Waals surface area (Å²) in [6.45, 7) is -0.143. The first-order chi connectivity index (χ1) is 14.3. The Hall–Kier alpha value is -3.78. The highest BCUT2D eigenvalue weighted by Crippen LogP contribution is 2.31. The molecular formula is C21H13N3O4S. The van der Waals surface area contributed by atoms with E-state index in [1.807, 2.05) is 54.6 Å². The van der Waals surface area contributed by atoms with E-state index in [-0.39, 0.29) is 18.3 Å². The van der Waals surface area contributed by atoms with Crippen LogP contribution in [-0.2, 0) is 11.3 Å². The van der Waals surface area contributed by atoms with Crippen molar-refractivity contribution in [3.8, 4) is 22.2 Å². The molecule has 0 aliphatic carbocycles. The molecule has 29 heavy (non-hydrogen) atoms. The van der Waals surface area contributed by atoms with Gasteiger partial charge in [0.1, 0.15) is 0 Å². The number of furan rings is 1. The predicted molar refractivity (Wildman–Crippen MR) is 106 cm³/mol. The predicted octanol–water partition coefficient (Wildman–Crippen LogP) is 4.96. The van der Waals surface area contributed by atoms with Gasteiger partial charge in [-0.1, -0.05) is 30.3 Å². The van der Waals surface area contributed by atoms with Crippen molar-refractivity contribution < 1.29 is 18.4 Å². The first-order valence-corrected chi connectivity index (χ1v) is 9.58. The van der Waals surface area contributed by atoms with E-state index >= 15 is 0 Å². The summed E-state index contributed by atoms with van der Waals surface area (Å²) in [4.78, 5) is 16.8. The fraction of sp³-hybridized carbons (Fsp3) is 0.0476. The van der Waals surface area contributed by atoms with Crippen LogP contribution in [0.2, 0.25) is 0 Å². The third kappa shape index (κ3) is 3.53. The van der Waals surface area contributed by atoms with Crippen molar-refractivity contribution in [2.75, 3.05) is 0 Å². The van der Waals surface area contributed by atoms with Crippen LogP contribution in [0.25, 0.3) is 32.4 Å². The van der Waals surface area contributed by atoms with Crippen molar-refractivity contribution in [1.29, 1.82) is 0 Å². The first kappa shape index (κ1) is 17.3. The van der Waals surface area contributed by atoms with Gasteiger partial charge in [-0.15, -0.1) is 21.5 Å². The number of esters is 1. The molecule has 0 aliphatic heterocycles. The highest BCUT2D eigenvalue weighted by molar-refractivity contribution is 7.21. The van der Waals surface area contributed by atoms with Gasteiger partial charge in [0.25, 0.3) is 5.89 Å². The quantitative estimate of drug-likeness (QED) is 0.383. The Kier molecular flexibility index (Phi) is 4.38. The van der Waals surface area contributed by atoms with Crippen molar-refractivity contribution >= 4 is 27.5 Å². The lowest BCUT2D eigenvalue weighted by Crippen LogP contribution is -2.04.